The van der Waals surface area contributed by atoms with Crippen molar-refractivity contribution in [2.24, 2.45) is 0 Å². The summed E-state index contributed by atoms with van der Waals surface area (Å²) in [6, 6.07) is 15.7. The van der Waals surface area contributed by atoms with Crippen LogP contribution in [-0.2, 0) is 9.84 Å². The predicted molar refractivity (Wildman–Crippen MR) is 74.7 cm³/mol. The van der Waals surface area contributed by atoms with Crippen LogP contribution in [0.15, 0.2) is 59.5 Å². The van der Waals surface area contributed by atoms with E-state index in [1.165, 1.54) is 0 Å². The normalized spacial score (nSPS) is 13.2. The molecule has 0 bridgehead atoms. The molecule has 3 nitrogen and oxygen atoms in total. The first-order valence-electron chi connectivity index (χ1n) is 6.10. The van der Waals surface area contributed by atoms with Gasteiger partial charge in [0.1, 0.15) is 6.10 Å². The third kappa shape index (κ3) is 3.03. The molecule has 0 fully saturated rings. The molecule has 4 heteroatoms. The average Bonchev–Trinajstić information content (AvgIpc) is 2.47. The fraction of sp³-hybridized carbons (Fsp3) is 0.200. The Bertz CT molecular complexity index is 631. The minimum atomic E-state index is -3.19. The quantitative estimate of drug-likeness (QED) is 0.933. The molecule has 0 amide bonds. The van der Waals surface area contributed by atoms with Gasteiger partial charge in [-0.25, -0.2) is 8.42 Å². The highest BCUT2D eigenvalue weighted by atomic mass is 32.2. The highest BCUT2D eigenvalue weighted by Crippen LogP contribution is 2.23. The standard InChI is InChI=1S/C15H16O3S/c1-2-19(17,18)14-10-8-13(9-11-14)15(16)12-6-4-3-5-7-12/h3-11,15-16H,2H2,1H3/t15-/m1/s1. The first-order chi connectivity index (χ1) is 9.04. The van der Waals surface area contributed by atoms with Crippen LogP contribution in [0.4, 0.5) is 0 Å². The van der Waals surface area contributed by atoms with Gasteiger partial charge in [0.2, 0.25) is 0 Å². The molecule has 2 aromatic rings. The van der Waals surface area contributed by atoms with Crippen molar-refractivity contribution in [2.75, 3.05) is 5.75 Å². The van der Waals surface area contributed by atoms with Crippen molar-refractivity contribution < 1.29 is 13.5 Å². The second kappa shape index (κ2) is 5.55. The van der Waals surface area contributed by atoms with E-state index in [1.807, 2.05) is 30.3 Å². The smallest absolute Gasteiger partial charge is 0.178 e. The van der Waals surface area contributed by atoms with E-state index in [2.05, 4.69) is 0 Å². The summed E-state index contributed by atoms with van der Waals surface area (Å²) in [6.07, 6.45) is -0.736. The molecular weight excluding hydrogens is 260 g/mol. The van der Waals surface area contributed by atoms with Gasteiger partial charge in [0.05, 0.1) is 10.6 Å². The lowest BCUT2D eigenvalue weighted by Crippen LogP contribution is -2.05. The molecule has 2 rings (SSSR count). The Balaban J connectivity index is 2.29. The molecule has 19 heavy (non-hydrogen) atoms. The van der Waals surface area contributed by atoms with Crippen LogP contribution >= 0.6 is 0 Å². The fourth-order valence-corrected chi connectivity index (χ4v) is 2.74. The molecule has 0 saturated heterocycles. The predicted octanol–water partition coefficient (Wildman–Crippen LogP) is 2.56. The minimum Gasteiger partial charge on any atom is -0.384 e. The van der Waals surface area contributed by atoms with Gasteiger partial charge >= 0.3 is 0 Å². The molecule has 0 spiro atoms. The largest absolute Gasteiger partial charge is 0.384 e. The summed E-state index contributed by atoms with van der Waals surface area (Å²) in [6.45, 7) is 1.61. The number of hydrogen-bond acceptors (Lipinski definition) is 3. The topological polar surface area (TPSA) is 54.4 Å². The van der Waals surface area contributed by atoms with Crippen molar-refractivity contribution in [3.05, 3.63) is 65.7 Å². The number of rotatable bonds is 4. The monoisotopic (exact) mass is 276 g/mol. The van der Waals surface area contributed by atoms with Gasteiger partial charge < -0.3 is 5.11 Å². The van der Waals surface area contributed by atoms with Crippen LogP contribution in [0.5, 0.6) is 0 Å². The van der Waals surface area contributed by atoms with Gasteiger partial charge in [-0.05, 0) is 23.3 Å². The molecular formula is C15H16O3S. The molecule has 0 saturated carbocycles. The van der Waals surface area contributed by atoms with Gasteiger partial charge in [-0.3, -0.25) is 0 Å². The summed E-state index contributed by atoms with van der Waals surface area (Å²) in [5, 5.41) is 10.2. The lowest BCUT2D eigenvalue weighted by atomic mass is 10.0. The van der Waals surface area contributed by atoms with E-state index >= 15 is 0 Å². The van der Waals surface area contributed by atoms with Crippen molar-refractivity contribution >= 4 is 9.84 Å². The first-order valence-corrected chi connectivity index (χ1v) is 7.75. The fourth-order valence-electron chi connectivity index (χ4n) is 1.85. The summed E-state index contributed by atoms with van der Waals surface area (Å²) in [5.74, 6) is 0.0770. The maximum absolute atomic E-state index is 11.7. The molecule has 0 aromatic heterocycles. The molecule has 0 radical (unpaired) electrons. The van der Waals surface area contributed by atoms with Crippen molar-refractivity contribution in [3.63, 3.8) is 0 Å². The molecule has 0 aliphatic heterocycles. The maximum Gasteiger partial charge on any atom is 0.178 e. The van der Waals surface area contributed by atoms with Gasteiger partial charge in [-0.1, -0.05) is 49.4 Å². The van der Waals surface area contributed by atoms with Gasteiger partial charge in [0, 0.05) is 0 Å². The van der Waals surface area contributed by atoms with Crippen LogP contribution in [-0.4, -0.2) is 19.3 Å². The molecule has 0 aliphatic carbocycles. The van der Waals surface area contributed by atoms with Crippen molar-refractivity contribution in [3.8, 4) is 0 Å². The third-order valence-corrected chi connectivity index (χ3v) is 4.80. The van der Waals surface area contributed by atoms with E-state index in [4.69, 9.17) is 0 Å². The molecule has 0 unspecified atom stereocenters. The first kappa shape index (κ1) is 13.8. The lowest BCUT2D eigenvalue weighted by Gasteiger charge is -2.12. The zero-order valence-corrected chi connectivity index (χ0v) is 11.5. The van der Waals surface area contributed by atoms with Crippen LogP contribution in [0, 0.1) is 0 Å². The number of benzene rings is 2. The third-order valence-electron chi connectivity index (χ3n) is 3.05. The summed E-state index contributed by atoms with van der Waals surface area (Å²) >= 11 is 0. The molecule has 2 aromatic carbocycles. The van der Waals surface area contributed by atoms with Crippen molar-refractivity contribution in [1.82, 2.24) is 0 Å². The van der Waals surface area contributed by atoms with E-state index in [-0.39, 0.29) is 5.75 Å². The Morgan fingerprint density at radius 1 is 0.947 bits per heavy atom. The van der Waals surface area contributed by atoms with Gasteiger partial charge in [-0.15, -0.1) is 0 Å². The maximum atomic E-state index is 11.7. The van der Waals surface area contributed by atoms with Crippen LogP contribution in [0.25, 0.3) is 0 Å². The number of sulfone groups is 1. The Morgan fingerprint density at radius 3 is 2.00 bits per heavy atom. The van der Waals surface area contributed by atoms with E-state index < -0.39 is 15.9 Å². The SMILES string of the molecule is CCS(=O)(=O)c1ccc([C@H](O)c2ccccc2)cc1. The van der Waals surface area contributed by atoms with E-state index in [0.717, 1.165) is 5.56 Å². The highest BCUT2D eigenvalue weighted by Gasteiger charge is 2.14. The highest BCUT2D eigenvalue weighted by molar-refractivity contribution is 7.91. The molecule has 1 atom stereocenters. The van der Waals surface area contributed by atoms with Crippen LogP contribution in [0.2, 0.25) is 0 Å². The lowest BCUT2D eigenvalue weighted by molar-refractivity contribution is 0.220. The van der Waals surface area contributed by atoms with Gasteiger partial charge in [0.15, 0.2) is 9.84 Å². The number of hydrogen-bond donors (Lipinski definition) is 1. The van der Waals surface area contributed by atoms with E-state index in [0.29, 0.717) is 10.5 Å². The van der Waals surface area contributed by atoms with Gasteiger partial charge in [0.25, 0.3) is 0 Å². The van der Waals surface area contributed by atoms with Crippen molar-refractivity contribution in [2.45, 2.75) is 17.9 Å². The molecule has 100 valence electrons. The van der Waals surface area contributed by atoms with Gasteiger partial charge in [-0.2, -0.15) is 0 Å². The minimum absolute atomic E-state index is 0.0770. The zero-order valence-electron chi connectivity index (χ0n) is 10.7. The molecule has 1 N–H and O–H groups in total. The Hall–Kier alpha value is -1.65. The summed E-state index contributed by atoms with van der Waals surface area (Å²) in [4.78, 5) is 0.291. The number of aliphatic hydroxyl groups excluding tert-OH is 1. The Morgan fingerprint density at radius 2 is 1.47 bits per heavy atom. The Labute approximate surface area is 113 Å². The molecule has 0 heterocycles. The summed E-state index contributed by atoms with van der Waals surface area (Å²) in [5.41, 5.74) is 1.47. The number of aliphatic hydroxyl groups is 1. The second-order valence-corrected chi connectivity index (χ2v) is 6.56. The van der Waals surface area contributed by atoms with Crippen molar-refractivity contribution in [1.29, 1.82) is 0 Å². The molecule has 0 aliphatic rings. The van der Waals surface area contributed by atoms with Crippen LogP contribution < -0.4 is 0 Å². The van der Waals surface area contributed by atoms with E-state index in [9.17, 15) is 13.5 Å². The Kier molecular flexibility index (Phi) is 4.02. The van der Waals surface area contributed by atoms with Crippen LogP contribution in [0.3, 0.4) is 0 Å². The van der Waals surface area contributed by atoms with E-state index in [1.54, 1.807) is 31.2 Å². The zero-order chi connectivity index (χ0) is 13.9. The summed E-state index contributed by atoms with van der Waals surface area (Å²) < 4.78 is 23.4. The summed E-state index contributed by atoms with van der Waals surface area (Å²) in [7, 11) is -3.19. The van der Waals surface area contributed by atoms with Crippen LogP contribution in [0.1, 0.15) is 24.2 Å². The average molecular weight is 276 g/mol. The second-order valence-electron chi connectivity index (χ2n) is 4.29.